The molecule has 0 unspecified atom stereocenters. The van der Waals surface area contributed by atoms with Crippen molar-refractivity contribution >= 4 is 17.7 Å². The second-order valence-electron chi connectivity index (χ2n) is 2.38. The Morgan fingerprint density at radius 1 is 1.46 bits per heavy atom. The van der Waals surface area contributed by atoms with Gasteiger partial charge in [0.15, 0.2) is 0 Å². The van der Waals surface area contributed by atoms with E-state index >= 15 is 0 Å². The Bertz CT molecular complexity index is 271. The van der Waals surface area contributed by atoms with Gasteiger partial charge in [-0.05, 0) is 6.42 Å². The van der Waals surface area contributed by atoms with Crippen molar-refractivity contribution in [2.75, 3.05) is 13.0 Å². The molecule has 0 aliphatic rings. The Hall–Kier alpha value is -1.09. The summed E-state index contributed by atoms with van der Waals surface area (Å²) in [5.74, 6) is 0.632. The molecule has 0 spiro atoms. The third-order valence-electron chi connectivity index (χ3n) is 1.42. The van der Waals surface area contributed by atoms with Gasteiger partial charge in [-0.25, -0.2) is 9.97 Å². The van der Waals surface area contributed by atoms with E-state index in [4.69, 9.17) is 16.3 Å². The maximum atomic E-state index is 5.51. The summed E-state index contributed by atoms with van der Waals surface area (Å²) in [6, 6.07) is 0.384. The van der Waals surface area contributed by atoms with E-state index in [9.17, 15) is 0 Å². The normalized spacial score (nSPS) is 10.6. The molecule has 0 saturated carbocycles. The third-order valence-corrected chi connectivity index (χ3v) is 1.63. The second kappa shape index (κ2) is 5.54. The first-order valence-corrected chi connectivity index (χ1v) is 4.49. The lowest BCUT2D eigenvalue weighted by molar-refractivity contribution is 0.379. The molecule has 1 heterocycles. The van der Waals surface area contributed by atoms with Crippen LogP contribution in [0, 0.1) is 0 Å². The van der Waals surface area contributed by atoms with E-state index in [0.29, 0.717) is 11.9 Å². The average Bonchev–Trinajstić information content (AvgIpc) is 2.19. The summed E-state index contributed by atoms with van der Waals surface area (Å²) in [5, 5.41) is 0. The fourth-order valence-corrected chi connectivity index (χ4v) is 0.926. The van der Waals surface area contributed by atoms with Crippen molar-refractivity contribution in [1.82, 2.24) is 9.97 Å². The summed E-state index contributed by atoms with van der Waals surface area (Å²) in [4.78, 5) is 7.92. The van der Waals surface area contributed by atoms with Crippen LogP contribution in [0.1, 0.15) is 12.0 Å². The van der Waals surface area contributed by atoms with Crippen molar-refractivity contribution in [3.8, 4) is 6.01 Å². The molecule has 0 saturated heterocycles. The molecule has 0 N–H and O–H groups in total. The molecule has 0 aliphatic carbocycles. The molecule has 0 bridgehead atoms. The number of halogens is 1. The summed E-state index contributed by atoms with van der Waals surface area (Å²) in [7, 11) is 1.54. The Labute approximate surface area is 82.4 Å². The van der Waals surface area contributed by atoms with Gasteiger partial charge in [-0.2, -0.15) is 0 Å². The standard InChI is InChI=1S/C9H11ClN2O/c1-13-9-11-6-8(7-12-9)4-2-3-5-10/h2,4,6-7H,3,5H2,1H3. The zero-order chi connectivity index (χ0) is 9.52. The number of hydrogen-bond donors (Lipinski definition) is 0. The van der Waals surface area contributed by atoms with Crippen LogP contribution in [0.5, 0.6) is 6.01 Å². The van der Waals surface area contributed by atoms with E-state index in [1.54, 1.807) is 19.5 Å². The molecule has 0 amide bonds. The van der Waals surface area contributed by atoms with Crippen molar-refractivity contribution in [3.63, 3.8) is 0 Å². The van der Waals surface area contributed by atoms with E-state index in [2.05, 4.69) is 9.97 Å². The van der Waals surface area contributed by atoms with E-state index in [1.807, 2.05) is 12.2 Å². The van der Waals surface area contributed by atoms with Crippen LogP contribution in [0.25, 0.3) is 6.08 Å². The average molecular weight is 199 g/mol. The van der Waals surface area contributed by atoms with Crippen LogP contribution in [-0.4, -0.2) is 23.0 Å². The Morgan fingerprint density at radius 2 is 2.15 bits per heavy atom. The first-order valence-electron chi connectivity index (χ1n) is 3.95. The van der Waals surface area contributed by atoms with Crippen molar-refractivity contribution in [3.05, 3.63) is 24.0 Å². The van der Waals surface area contributed by atoms with Gasteiger partial charge in [-0.15, -0.1) is 11.6 Å². The summed E-state index contributed by atoms with van der Waals surface area (Å²) in [6.07, 6.45) is 8.18. The summed E-state index contributed by atoms with van der Waals surface area (Å²) in [6.45, 7) is 0. The highest BCUT2D eigenvalue weighted by Gasteiger charge is 1.92. The molecule has 0 fully saturated rings. The minimum atomic E-state index is 0.384. The molecule has 1 aromatic heterocycles. The maximum Gasteiger partial charge on any atom is 0.316 e. The molecule has 0 aliphatic heterocycles. The Morgan fingerprint density at radius 3 is 2.69 bits per heavy atom. The fraction of sp³-hybridized carbons (Fsp3) is 0.333. The number of aromatic nitrogens is 2. The van der Waals surface area contributed by atoms with Gasteiger partial charge in [0.05, 0.1) is 7.11 Å². The largest absolute Gasteiger partial charge is 0.467 e. The van der Waals surface area contributed by atoms with Crippen LogP contribution in [0.3, 0.4) is 0 Å². The first-order chi connectivity index (χ1) is 6.36. The molecule has 1 rings (SSSR count). The molecule has 4 heteroatoms. The highest BCUT2D eigenvalue weighted by Crippen LogP contribution is 2.03. The number of allylic oxidation sites excluding steroid dienone is 1. The summed E-state index contributed by atoms with van der Waals surface area (Å²) >= 11 is 5.51. The molecule has 0 atom stereocenters. The summed E-state index contributed by atoms with van der Waals surface area (Å²) < 4.78 is 4.83. The number of methoxy groups -OCH3 is 1. The van der Waals surface area contributed by atoms with E-state index in [1.165, 1.54) is 0 Å². The second-order valence-corrected chi connectivity index (χ2v) is 2.76. The highest BCUT2D eigenvalue weighted by atomic mass is 35.5. The van der Waals surface area contributed by atoms with Crippen LogP contribution in [0.2, 0.25) is 0 Å². The minimum absolute atomic E-state index is 0.384. The zero-order valence-corrected chi connectivity index (χ0v) is 8.16. The fourth-order valence-electron chi connectivity index (χ4n) is 0.800. The van der Waals surface area contributed by atoms with Gasteiger partial charge in [0.2, 0.25) is 0 Å². The number of alkyl halides is 1. The van der Waals surface area contributed by atoms with Crippen LogP contribution in [0.4, 0.5) is 0 Å². The van der Waals surface area contributed by atoms with Crippen molar-refractivity contribution in [1.29, 1.82) is 0 Å². The van der Waals surface area contributed by atoms with Crippen LogP contribution >= 0.6 is 11.6 Å². The Kier molecular flexibility index (Phi) is 4.26. The topological polar surface area (TPSA) is 35.0 Å². The van der Waals surface area contributed by atoms with Gasteiger partial charge in [0.1, 0.15) is 0 Å². The molecule has 0 radical (unpaired) electrons. The maximum absolute atomic E-state index is 5.51. The van der Waals surface area contributed by atoms with Crippen molar-refractivity contribution in [2.24, 2.45) is 0 Å². The number of nitrogens with zero attached hydrogens (tertiary/aromatic N) is 2. The van der Waals surface area contributed by atoms with Gasteiger partial charge in [0, 0.05) is 23.8 Å². The SMILES string of the molecule is COc1ncc(C=CCCCl)cn1. The third kappa shape index (κ3) is 3.42. The van der Waals surface area contributed by atoms with Gasteiger partial charge >= 0.3 is 6.01 Å². The number of hydrogen-bond acceptors (Lipinski definition) is 3. The zero-order valence-electron chi connectivity index (χ0n) is 7.40. The summed E-state index contributed by atoms with van der Waals surface area (Å²) in [5.41, 5.74) is 0.950. The van der Waals surface area contributed by atoms with E-state index in [-0.39, 0.29) is 0 Å². The molecular weight excluding hydrogens is 188 g/mol. The van der Waals surface area contributed by atoms with Gasteiger partial charge in [-0.3, -0.25) is 0 Å². The quantitative estimate of drug-likeness (QED) is 0.696. The highest BCUT2D eigenvalue weighted by molar-refractivity contribution is 6.17. The molecule has 0 aromatic carbocycles. The van der Waals surface area contributed by atoms with Crippen molar-refractivity contribution in [2.45, 2.75) is 6.42 Å². The van der Waals surface area contributed by atoms with Crippen molar-refractivity contribution < 1.29 is 4.74 Å². The van der Waals surface area contributed by atoms with Crippen LogP contribution in [-0.2, 0) is 0 Å². The van der Waals surface area contributed by atoms with E-state index in [0.717, 1.165) is 12.0 Å². The lowest BCUT2D eigenvalue weighted by Gasteiger charge is -1.96. The number of ether oxygens (including phenoxy) is 1. The van der Waals surface area contributed by atoms with Gasteiger partial charge < -0.3 is 4.74 Å². The molecular formula is C9H11ClN2O. The molecule has 3 nitrogen and oxygen atoms in total. The predicted octanol–water partition coefficient (Wildman–Crippen LogP) is 2.13. The minimum Gasteiger partial charge on any atom is -0.467 e. The van der Waals surface area contributed by atoms with Gasteiger partial charge in [0.25, 0.3) is 0 Å². The Balaban J connectivity index is 2.58. The smallest absolute Gasteiger partial charge is 0.316 e. The monoisotopic (exact) mass is 198 g/mol. The number of rotatable bonds is 4. The van der Waals surface area contributed by atoms with Gasteiger partial charge in [-0.1, -0.05) is 12.2 Å². The lowest BCUT2D eigenvalue weighted by atomic mass is 10.3. The first kappa shape index (κ1) is 9.99. The predicted molar refractivity (Wildman–Crippen MR) is 53.0 cm³/mol. The molecule has 13 heavy (non-hydrogen) atoms. The lowest BCUT2D eigenvalue weighted by Crippen LogP contribution is -1.90. The molecule has 70 valence electrons. The molecule has 1 aromatic rings. The van der Waals surface area contributed by atoms with E-state index < -0.39 is 0 Å². The van der Waals surface area contributed by atoms with Crippen LogP contribution in [0.15, 0.2) is 18.5 Å². The van der Waals surface area contributed by atoms with Crippen LogP contribution < -0.4 is 4.74 Å².